The van der Waals surface area contributed by atoms with Crippen LogP contribution in [0.25, 0.3) is 10.2 Å². The van der Waals surface area contributed by atoms with Gasteiger partial charge in [0.25, 0.3) is 0 Å². The van der Waals surface area contributed by atoms with Crippen LogP contribution in [-0.4, -0.2) is 39.1 Å². The van der Waals surface area contributed by atoms with Crippen LogP contribution >= 0.6 is 23.1 Å². The van der Waals surface area contributed by atoms with E-state index in [-0.39, 0.29) is 5.91 Å². The summed E-state index contributed by atoms with van der Waals surface area (Å²) in [6.45, 7) is 5.40. The lowest BCUT2D eigenvalue weighted by molar-refractivity contribution is -0.131. The lowest BCUT2D eigenvalue weighted by atomic mass is 9.89. The van der Waals surface area contributed by atoms with Crippen molar-refractivity contribution in [2.75, 3.05) is 12.3 Å². The Hall–Kier alpha value is -1.14. The number of hydrogen-bond acceptors (Lipinski definition) is 5. The Labute approximate surface area is 157 Å². The molecule has 6 heteroatoms. The molecule has 0 bridgehead atoms. The molecule has 1 saturated heterocycles. The maximum atomic E-state index is 12.7. The first-order valence-electron chi connectivity index (χ1n) is 9.31. The van der Waals surface area contributed by atoms with E-state index in [0.717, 1.165) is 48.0 Å². The number of carbonyl (C=O) groups is 1. The van der Waals surface area contributed by atoms with Crippen molar-refractivity contribution in [1.82, 2.24) is 14.9 Å². The molecule has 0 unspecified atom stereocenters. The van der Waals surface area contributed by atoms with Crippen LogP contribution < -0.4 is 0 Å². The van der Waals surface area contributed by atoms with Gasteiger partial charge in [0.1, 0.15) is 16.2 Å². The normalized spacial score (nSPS) is 23.7. The molecule has 1 aliphatic carbocycles. The van der Waals surface area contributed by atoms with E-state index in [1.807, 2.05) is 11.3 Å². The van der Waals surface area contributed by atoms with E-state index in [2.05, 4.69) is 28.7 Å². The summed E-state index contributed by atoms with van der Waals surface area (Å²) < 4.78 is 0. The minimum absolute atomic E-state index is 0.252. The average molecular weight is 376 g/mol. The number of piperidine rings is 1. The fourth-order valence-corrected chi connectivity index (χ4v) is 6.36. The topological polar surface area (TPSA) is 46.1 Å². The summed E-state index contributed by atoms with van der Waals surface area (Å²) in [5.41, 5.74) is 1.44. The lowest BCUT2D eigenvalue weighted by Crippen LogP contribution is -2.42. The van der Waals surface area contributed by atoms with E-state index in [1.54, 1.807) is 18.1 Å². The van der Waals surface area contributed by atoms with Gasteiger partial charge < -0.3 is 4.90 Å². The van der Waals surface area contributed by atoms with Gasteiger partial charge in [0.15, 0.2) is 0 Å². The number of amides is 1. The summed E-state index contributed by atoms with van der Waals surface area (Å²) in [6, 6.07) is 0.377. The zero-order valence-corrected chi connectivity index (χ0v) is 16.6. The summed E-state index contributed by atoms with van der Waals surface area (Å²) in [5.74, 6) is 1.49. The van der Waals surface area contributed by atoms with Gasteiger partial charge in [-0.2, -0.15) is 0 Å². The highest BCUT2D eigenvalue weighted by molar-refractivity contribution is 8.00. The predicted octanol–water partition coefficient (Wildman–Crippen LogP) is 4.31. The van der Waals surface area contributed by atoms with Gasteiger partial charge in [-0.05, 0) is 56.9 Å². The molecule has 1 fully saturated rings. The van der Waals surface area contributed by atoms with Crippen LogP contribution in [0.5, 0.6) is 0 Å². The van der Waals surface area contributed by atoms with E-state index in [4.69, 9.17) is 0 Å². The molecular formula is C19H25N3OS2. The Bertz CT molecular complexity index is 788. The SMILES string of the molecule is C[C@@H]1CCc2c(sc3ncnc(SCC(=O)N4CCCC[C@H]4C)c23)C1. The second-order valence-electron chi connectivity index (χ2n) is 7.43. The van der Waals surface area contributed by atoms with Crippen LogP contribution in [0.3, 0.4) is 0 Å². The van der Waals surface area contributed by atoms with Crippen molar-refractivity contribution in [3.05, 3.63) is 16.8 Å². The van der Waals surface area contributed by atoms with Gasteiger partial charge in [-0.3, -0.25) is 4.79 Å². The van der Waals surface area contributed by atoms with Gasteiger partial charge in [-0.15, -0.1) is 11.3 Å². The van der Waals surface area contributed by atoms with Crippen molar-refractivity contribution in [2.45, 2.75) is 63.4 Å². The molecule has 4 nitrogen and oxygen atoms in total. The van der Waals surface area contributed by atoms with Crippen LogP contribution in [0.1, 0.15) is 50.0 Å². The second kappa shape index (κ2) is 7.23. The summed E-state index contributed by atoms with van der Waals surface area (Å²) in [4.78, 5) is 26.3. The number of rotatable bonds is 3. The molecular weight excluding hydrogens is 350 g/mol. The zero-order chi connectivity index (χ0) is 17.4. The molecule has 0 N–H and O–H groups in total. The Kier molecular flexibility index (Phi) is 5.00. The van der Waals surface area contributed by atoms with Crippen molar-refractivity contribution < 1.29 is 4.79 Å². The fraction of sp³-hybridized carbons (Fsp3) is 0.632. The molecule has 4 rings (SSSR count). The van der Waals surface area contributed by atoms with Gasteiger partial charge in [0, 0.05) is 22.8 Å². The van der Waals surface area contributed by atoms with Crippen molar-refractivity contribution in [2.24, 2.45) is 5.92 Å². The monoisotopic (exact) mass is 375 g/mol. The molecule has 134 valence electrons. The molecule has 1 aliphatic heterocycles. The van der Waals surface area contributed by atoms with E-state index >= 15 is 0 Å². The molecule has 0 saturated carbocycles. The summed E-state index contributed by atoms with van der Waals surface area (Å²) in [7, 11) is 0. The third-order valence-corrected chi connectivity index (χ3v) is 7.65. The quantitative estimate of drug-likeness (QED) is 0.592. The number of thiophene rings is 1. The Morgan fingerprint density at radius 1 is 1.32 bits per heavy atom. The molecule has 1 amide bonds. The van der Waals surface area contributed by atoms with Gasteiger partial charge in [-0.25, -0.2) is 9.97 Å². The van der Waals surface area contributed by atoms with Crippen molar-refractivity contribution in [1.29, 1.82) is 0 Å². The minimum atomic E-state index is 0.252. The standard InChI is InChI=1S/C19H25N3OS2/c1-12-6-7-14-15(9-12)25-19-17(14)18(20-11-21-19)24-10-16(23)22-8-4-3-5-13(22)2/h11-13H,3-10H2,1-2H3/t12-,13-/m1/s1. The van der Waals surface area contributed by atoms with Gasteiger partial charge in [-0.1, -0.05) is 18.7 Å². The molecule has 2 aromatic rings. The van der Waals surface area contributed by atoms with E-state index < -0.39 is 0 Å². The third-order valence-electron chi connectivity index (χ3n) is 5.51. The average Bonchev–Trinajstić information content (AvgIpc) is 2.98. The minimum Gasteiger partial charge on any atom is -0.339 e. The third kappa shape index (κ3) is 3.43. The van der Waals surface area contributed by atoms with Crippen LogP contribution in [0.2, 0.25) is 0 Å². The Balaban J connectivity index is 1.54. The van der Waals surface area contributed by atoms with E-state index in [9.17, 15) is 4.79 Å². The fourth-order valence-electron chi connectivity index (χ4n) is 4.04. The molecule has 0 aromatic carbocycles. The molecule has 3 heterocycles. The summed E-state index contributed by atoms with van der Waals surface area (Å²) in [5, 5.41) is 2.22. The second-order valence-corrected chi connectivity index (χ2v) is 9.48. The molecule has 0 radical (unpaired) electrons. The number of likely N-dealkylation sites (tertiary alicyclic amines) is 1. The van der Waals surface area contributed by atoms with Gasteiger partial charge in [0.05, 0.1) is 5.75 Å². The molecule has 0 spiro atoms. The highest BCUT2D eigenvalue weighted by atomic mass is 32.2. The van der Waals surface area contributed by atoms with Gasteiger partial charge in [0.2, 0.25) is 5.91 Å². The Morgan fingerprint density at radius 2 is 2.20 bits per heavy atom. The van der Waals surface area contributed by atoms with Gasteiger partial charge >= 0.3 is 0 Å². The Morgan fingerprint density at radius 3 is 3.04 bits per heavy atom. The summed E-state index contributed by atoms with van der Waals surface area (Å²) in [6.07, 6.45) is 8.68. The first kappa shape index (κ1) is 17.3. The van der Waals surface area contributed by atoms with Crippen molar-refractivity contribution in [3.63, 3.8) is 0 Å². The largest absolute Gasteiger partial charge is 0.339 e. The maximum Gasteiger partial charge on any atom is 0.233 e. The van der Waals surface area contributed by atoms with Crippen LogP contribution in [-0.2, 0) is 17.6 Å². The number of aryl methyl sites for hydroxylation is 1. The number of carbonyl (C=O) groups excluding carboxylic acids is 1. The van der Waals surface area contributed by atoms with Crippen LogP contribution in [0.4, 0.5) is 0 Å². The molecule has 25 heavy (non-hydrogen) atoms. The van der Waals surface area contributed by atoms with Crippen molar-refractivity contribution in [3.8, 4) is 0 Å². The maximum absolute atomic E-state index is 12.7. The summed E-state index contributed by atoms with van der Waals surface area (Å²) >= 11 is 3.42. The van der Waals surface area contributed by atoms with E-state index in [0.29, 0.717) is 11.8 Å². The lowest BCUT2D eigenvalue weighted by Gasteiger charge is -2.33. The number of aromatic nitrogens is 2. The highest BCUT2D eigenvalue weighted by Crippen LogP contribution is 2.40. The number of nitrogens with zero attached hydrogens (tertiary/aromatic N) is 3. The predicted molar refractivity (Wildman–Crippen MR) is 104 cm³/mol. The first-order valence-corrected chi connectivity index (χ1v) is 11.1. The van der Waals surface area contributed by atoms with Crippen molar-refractivity contribution >= 4 is 39.2 Å². The van der Waals surface area contributed by atoms with E-state index in [1.165, 1.54) is 28.7 Å². The zero-order valence-electron chi connectivity index (χ0n) is 15.0. The number of thioether (sulfide) groups is 1. The number of hydrogen-bond donors (Lipinski definition) is 0. The molecule has 2 aromatic heterocycles. The molecule has 2 aliphatic rings. The highest BCUT2D eigenvalue weighted by Gasteiger charge is 2.25. The molecule has 2 atom stereocenters. The first-order chi connectivity index (χ1) is 12.1. The number of fused-ring (bicyclic) bond motifs is 3. The van der Waals surface area contributed by atoms with Crippen LogP contribution in [0, 0.1) is 5.92 Å². The van der Waals surface area contributed by atoms with Crippen LogP contribution in [0.15, 0.2) is 11.4 Å². The smallest absolute Gasteiger partial charge is 0.233 e.